The molecule has 2 heterocycles. The Morgan fingerprint density at radius 1 is 1.39 bits per heavy atom. The number of nitrogens with zero attached hydrogens (tertiary/aromatic N) is 1. The standard InChI is InChI=1S/C13H19NO3S/c1-13(2,3)12-14-9(11(15)16)10(18-12)8-4-6-17-7-5-8/h8H,4-7H2,1-3H3,(H,15,16). The lowest BCUT2D eigenvalue weighted by molar-refractivity contribution is 0.0680. The maximum absolute atomic E-state index is 11.3. The summed E-state index contributed by atoms with van der Waals surface area (Å²) < 4.78 is 5.33. The number of carboxylic acid groups (broad SMARTS) is 1. The van der Waals surface area contributed by atoms with Crippen LogP contribution in [0.4, 0.5) is 0 Å². The summed E-state index contributed by atoms with van der Waals surface area (Å²) in [6.07, 6.45) is 1.79. The van der Waals surface area contributed by atoms with Gasteiger partial charge in [0.15, 0.2) is 5.69 Å². The van der Waals surface area contributed by atoms with Crippen molar-refractivity contribution in [3.05, 3.63) is 15.6 Å². The predicted molar refractivity (Wildman–Crippen MR) is 70.6 cm³/mol. The van der Waals surface area contributed by atoms with Crippen LogP contribution in [0.3, 0.4) is 0 Å². The van der Waals surface area contributed by atoms with E-state index in [-0.39, 0.29) is 11.1 Å². The van der Waals surface area contributed by atoms with Gasteiger partial charge in [-0.05, 0) is 12.8 Å². The van der Waals surface area contributed by atoms with Gasteiger partial charge in [-0.2, -0.15) is 0 Å². The number of carbonyl (C=O) groups is 1. The first-order valence-electron chi connectivity index (χ1n) is 6.22. The van der Waals surface area contributed by atoms with Gasteiger partial charge in [-0.15, -0.1) is 11.3 Å². The van der Waals surface area contributed by atoms with E-state index in [4.69, 9.17) is 4.74 Å². The van der Waals surface area contributed by atoms with Crippen LogP contribution >= 0.6 is 11.3 Å². The van der Waals surface area contributed by atoms with Crippen LogP contribution in [0.15, 0.2) is 0 Å². The highest BCUT2D eigenvalue weighted by atomic mass is 32.1. The third-order valence-electron chi connectivity index (χ3n) is 3.09. The molecule has 5 heteroatoms. The quantitative estimate of drug-likeness (QED) is 0.896. The molecular formula is C13H19NO3S. The van der Waals surface area contributed by atoms with Crippen LogP contribution in [-0.4, -0.2) is 29.3 Å². The van der Waals surface area contributed by atoms with Crippen LogP contribution in [0, 0.1) is 0 Å². The second-order valence-corrected chi connectivity index (χ2v) is 6.70. The number of carboxylic acids is 1. The third-order valence-corrected chi connectivity index (χ3v) is 4.73. The highest BCUT2D eigenvalue weighted by molar-refractivity contribution is 7.12. The lowest BCUT2D eigenvalue weighted by atomic mass is 9.97. The normalized spacial score (nSPS) is 17.9. The van der Waals surface area contributed by atoms with E-state index in [9.17, 15) is 9.90 Å². The van der Waals surface area contributed by atoms with Crippen molar-refractivity contribution in [1.29, 1.82) is 0 Å². The second-order valence-electron chi connectivity index (χ2n) is 5.67. The highest BCUT2D eigenvalue weighted by Gasteiger charge is 2.29. The molecule has 4 nitrogen and oxygen atoms in total. The van der Waals surface area contributed by atoms with Crippen LogP contribution in [-0.2, 0) is 10.2 Å². The molecule has 0 atom stereocenters. The SMILES string of the molecule is CC(C)(C)c1nc(C(=O)O)c(C2CCOCC2)s1. The van der Waals surface area contributed by atoms with Gasteiger partial charge in [0.05, 0.1) is 5.01 Å². The van der Waals surface area contributed by atoms with Crippen LogP contribution in [0.2, 0.25) is 0 Å². The first-order valence-corrected chi connectivity index (χ1v) is 7.03. The van der Waals surface area contributed by atoms with E-state index in [2.05, 4.69) is 25.8 Å². The van der Waals surface area contributed by atoms with E-state index >= 15 is 0 Å². The molecule has 1 saturated heterocycles. The monoisotopic (exact) mass is 269 g/mol. The molecule has 1 aliphatic heterocycles. The zero-order valence-electron chi connectivity index (χ0n) is 11.0. The van der Waals surface area contributed by atoms with E-state index in [0.29, 0.717) is 19.1 Å². The van der Waals surface area contributed by atoms with Crippen molar-refractivity contribution in [1.82, 2.24) is 4.98 Å². The smallest absolute Gasteiger partial charge is 0.355 e. The minimum absolute atomic E-state index is 0.0989. The van der Waals surface area contributed by atoms with E-state index in [1.165, 1.54) is 0 Å². The van der Waals surface area contributed by atoms with Crippen LogP contribution < -0.4 is 0 Å². The second kappa shape index (κ2) is 4.97. The minimum Gasteiger partial charge on any atom is -0.476 e. The van der Waals surface area contributed by atoms with Crippen molar-refractivity contribution in [2.75, 3.05) is 13.2 Å². The molecule has 0 radical (unpaired) electrons. The summed E-state index contributed by atoms with van der Waals surface area (Å²) in [5.74, 6) is -0.623. The summed E-state index contributed by atoms with van der Waals surface area (Å²) in [5, 5.41) is 10.2. The lowest BCUT2D eigenvalue weighted by Crippen LogP contribution is -2.15. The Hall–Kier alpha value is -0.940. The number of hydrogen-bond acceptors (Lipinski definition) is 4. The van der Waals surface area contributed by atoms with E-state index in [1.807, 2.05) is 0 Å². The third kappa shape index (κ3) is 2.72. The zero-order valence-corrected chi connectivity index (χ0v) is 11.8. The first-order chi connectivity index (χ1) is 8.39. The van der Waals surface area contributed by atoms with Crippen LogP contribution in [0.25, 0.3) is 0 Å². The highest BCUT2D eigenvalue weighted by Crippen LogP contribution is 2.37. The molecule has 1 aromatic rings. The first kappa shape index (κ1) is 13.5. The molecule has 0 bridgehead atoms. The molecule has 1 fully saturated rings. The predicted octanol–water partition coefficient (Wildman–Crippen LogP) is 3.03. The Kier molecular flexibility index (Phi) is 3.73. The number of hydrogen-bond donors (Lipinski definition) is 1. The summed E-state index contributed by atoms with van der Waals surface area (Å²) >= 11 is 1.55. The molecule has 1 aromatic heterocycles. The summed E-state index contributed by atoms with van der Waals surface area (Å²) in [5.41, 5.74) is 0.148. The summed E-state index contributed by atoms with van der Waals surface area (Å²) in [6, 6.07) is 0. The molecule has 0 aromatic carbocycles. The van der Waals surface area contributed by atoms with Gasteiger partial charge in [-0.3, -0.25) is 0 Å². The molecular weight excluding hydrogens is 250 g/mol. The molecule has 0 spiro atoms. The van der Waals surface area contributed by atoms with Gasteiger partial charge < -0.3 is 9.84 Å². The van der Waals surface area contributed by atoms with Crippen LogP contribution in [0.5, 0.6) is 0 Å². The summed E-state index contributed by atoms with van der Waals surface area (Å²) in [4.78, 5) is 16.6. The van der Waals surface area contributed by atoms with E-state index < -0.39 is 5.97 Å². The van der Waals surface area contributed by atoms with E-state index in [1.54, 1.807) is 11.3 Å². The van der Waals surface area contributed by atoms with Crippen molar-refractivity contribution < 1.29 is 14.6 Å². The van der Waals surface area contributed by atoms with Gasteiger partial charge in [0.1, 0.15) is 0 Å². The van der Waals surface area contributed by atoms with Gasteiger partial charge >= 0.3 is 5.97 Å². The van der Waals surface area contributed by atoms with Crippen molar-refractivity contribution in [3.8, 4) is 0 Å². The fraction of sp³-hybridized carbons (Fsp3) is 0.692. The Morgan fingerprint density at radius 3 is 2.50 bits per heavy atom. The molecule has 1 N–H and O–H groups in total. The van der Waals surface area contributed by atoms with Crippen molar-refractivity contribution in [2.24, 2.45) is 0 Å². The minimum atomic E-state index is -0.914. The van der Waals surface area contributed by atoms with Gasteiger partial charge in [0.25, 0.3) is 0 Å². The molecule has 100 valence electrons. The number of aromatic nitrogens is 1. The van der Waals surface area contributed by atoms with Gasteiger partial charge in [0, 0.05) is 29.4 Å². The van der Waals surface area contributed by atoms with Crippen LogP contribution in [0.1, 0.15) is 59.9 Å². The molecule has 18 heavy (non-hydrogen) atoms. The Bertz CT molecular complexity index is 442. The average molecular weight is 269 g/mol. The topological polar surface area (TPSA) is 59.4 Å². The average Bonchev–Trinajstić information content (AvgIpc) is 2.74. The lowest BCUT2D eigenvalue weighted by Gasteiger charge is -2.21. The molecule has 2 rings (SSSR count). The fourth-order valence-electron chi connectivity index (χ4n) is 2.04. The Balaban J connectivity index is 2.38. The fourth-order valence-corrected chi connectivity index (χ4v) is 3.33. The van der Waals surface area contributed by atoms with Crippen molar-refractivity contribution >= 4 is 17.3 Å². The Morgan fingerprint density at radius 2 is 2.00 bits per heavy atom. The maximum atomic E-state index is 11.3. The summed E-state index contributed by atoms with van der Waals surface area (Å²) in [7, 11) is 0. The van der Waals surface area contributed by atoms with Gasteiger partial charge in [0.2, 0.25) is 0 Å². The molecule has 0 amide bonds. The van der Waals surface area contributed by atoms with Gasteiger partial charge in [-0.25, -0.2) is 9.78 Å². The number of rotatable bonds is 2. The van der Waals surface area contributed by atoms with Crippen molar-refractivity contribution in [3.63, 3.8) is 0 Å². The number of aromatic carboxylic acids is 1. The Labute approximate surface area is 111 Å². The van der Waals surface area contributed by atoms with Crippen molar-refractivity contribution in [2.45, 2.75) is 44.9 Å². The molecule has 1 aliphatic rings. The number of thiazole rings is 1. The van der Waals surface area contributed by atoms with Gasteiger partial charge in [-0.1, -0.05) is 20.8 Å². The maximum Gasteiger partial charge on any atom is 0.355 e. The largest absolute Gasteiger partial charge is 0.476 e. The summed E-state index contributed by atoms with van der Waals surface area (Å²) in [6.45, 7) is 7.61. The van der Waals surface area contributed by atoms with E-state index in [0.717, 1.165) is 22.7 Å². The molecule has 0 saturated carbocycles. The number of ether oxygens (including phenoxy) is 1. The molecule has 0 unspecified atom stereocenters. The zero-order chi connectivity index (χ0) is 13.3. The molecule has 0 aliphatic carbocycles.